The average Bonchev–Trinajstić information content (AvgIpc) is 3.06. The number of ether oxygens (including phenoxy) is 2. The minimum absolute atomic E-state index is 0.0437. The molecular formula is C19H25NO3. The summed E-state index contributed by atoms with van der Waals surface area (Å²) in [5, 5.41) is 0. The lowest BCUT2D eigenvalue weighted by Crippen LogP contribution is -2.46. The van der Waals surface area contributed by atoms with Crippen LogP contribution in [0.3, 0.4) is 0 Å². The van der Waals surface area contributed by atoms with Gasteiger partial charge in [0.15, 0.2) is 0 Å². The van der Waals surface area contributed by atoms with Gasteiger partial charge < -0.3 is 14.4 Å². The maximum atomic E-state index is 12.9. The Kier molecular flexibility index (Phi) is 4.12. The van der Waals surface area contributed by atoms with E-state index in [-0.39, 0.29) is 24.2 Å². The summed E-state index contributed by atoms with van der Waals surface area (Å²) in [6.07, 6.45) is 4.93. The Morgan fingerprint density at radius 3 is 2.70 bits per heavy atom. The smallest absolute Gasteiger partial charge is 0.223 e. The Morgan fingerprint density at radius 2 is 2.00 bits per heavy atom. The van der Waals surface area contributed by atoms with Crippen LogP contribution in [0.5, 0.6) is 0 Å². The van der Waals surface area contributed by atoms with Crippen LogP contribution in [0.4, 0.5) is 0 Å². The normalized spacial score (nSPS) is 30.3. The third-order valence-corrected chi connectivity index (χ3v) is 5.75. The Labute approximate surface area is 137 Å². The fraction of sp³-hybridized carbons (Fsp3) is 0.632. The summed E-state index contributed by atoms with van der Waals surface area (Å²) in [5.74, 6) is 0.725. The second-order valence-electron chi connectivity index (χ2n) is 7.09. The molecule has 1 saturated carbocycles. The van der Waals surface area contributed by atoms with Crippen molar-refractivity contribution in [2.75, 3.05) is 20.3 Å². The molecule has 1 aliphatic heterocycles. The van der Waals surface area contributed by atoms with Crippen molar-refractivity contribution in [1.82, 2.24) is 4.90 Å². The molecule has 4 heteroatoms. The number of nitrogens with zero attached hydrogens (tertiary/aromatic N) is 1. The van der Waals surface area contributed by atoms with Gasteiger partial charge in [-0.2, -0.15) is 0 Å². The Hall–Kier alpha value is -1.39. The molecule has 0 radical (unpaired) electrons. The Morgan fingerprint density at radius 1 is 1.26 bits per heavy atom. The van der Waals surface area contributed by atoms with Crippen molar-refractivity contribution in [3.8, 4) is 0 Å². The van der Waals surface area contributed by atoms with Gasteiger partial charge in [-0.25, -0.2) is 0 Å². The molecule has 1 heterocycles. The van der Waals surface area contributed by atoms with Crippen molar-refractivity contribution in [2.24, 2.45) is 5.92 Å². The highest BCUT2D eigenvalue weighted by Gasteiger charge is 2.44. The molecular weight excluding hydrogens is 290 g/mol. The van der Waals surface area contributed by atoms with Crippen LogP contribution in [0.2, 0.25) is 0 Å². The molecule has 0 unspecified atom stereocenters. The number of carbonyl (C=O) groups is 1. The van der Waals surface area contributed by atoms with E-state index in [0.717, 1.165) is 25.7 Å². The molecule has 4 nitrogen and oxygen atoms in total. The van der Waals surface area contributed by atoms with Gasteiger partial charge in [0, 0.05) is 20.1 Å². The zero-order chi connectivity index (χ0) is 15.8. The third kappa shape index (κ3) is 2.79. The number of hydrogen-bond acceptors (Lipinski definition) is 3. The van der Waals surface area contributed by atoms with Gasteiger partial charge >= 0.3 is 0 Å². The fourth-order valence-electron chi connectivity index (χ4n) is 4.67. The zero-order valence-electron chi connectivity index (χ0n) is 13.7. The summed E-state index contributed by atoms with van der Waals surface area (Å²) >= 11 is 0. The van der Waals surface area contributed by atoms with Gasteiger partial charge in [0.25, 0.3) is 0 Å². The molecule has 23 heavy (non-hydrogen) atoms. The highest BCUT2D eigenvalue weighted by atomic mass is 16.5. The van der Waals surface area contributed by atoms with Gasteiger partial charge in [-0.1, -0.05) is 24.3 Å². The summed E-state index contributed by atoms with van der Waals surface area (Å²) in [5.41, 5.74) is 2.83. The highest BCUT2D eigenvalue weighted by Crippen LogP contribution is 2.34. The molecule has 3 aliphatic rings. The zero-order valence-corrected chi connectivity index (χ0v) is 13.7. The lowest BCUT2D eigenvalue weighted by atomic mass is 10.0. The first kappa shape index (κ1) is 15.2. The van der Waals surface area contributed by atoms with E-state index in [1.807, 2.05) is 4.90 Å². The summed E-state index contributed by atoms with van der Waals surface area (Å²) in [6.45, 7) is 1.34. The van der Waals surface area contributed by atoms with E-state index in [0.29, 0.717) is 25.5 Å². The number of methoxy groups -OCH3 is 1. The van der Waals surface area contributed by atoms with E-state index in [2.05, 4.69) is 24.3 Å². The molecule has 124 valence electrons. The number of benzene rings is 1. The molecule has 1 aromatic rings. The topological polar surface area (TPSA) is 38.8 Å². The number of hydrogen-bond donors (Lipinski definition) is 0. The Bertz CT molecular complexity index is 563. The first-order valence-corrected chi connectivity index (χ1v) is 8.77. The first-order chi connectivity index (χ1) is 11.3. The summed E-state index contributed by atoms with van der Waals surface area (Å²) in [4.78, 5) is 15.0. The van der Waals surface area contributed by atoms with Gasteiger partial charge in [-0.15, -0.1) is 0 Å². The van der Waals surface area contributed by atoms with Crippen LogP contribution in [0, 0.1) is 5.92 Å². The highest BCUT2D eigenvalue weighted by molar-refractivity contribution is 5.77. The van der Waals surface area contributed by atoms with Crippen LogP contribution in [0.1, 0.15) is 30.4 Å². The molecule has 2 aliphatic carbocycles. The summed E-state index contributed by atoms with van der Waals surface area (Å²) in [6, 6.07) is 8.78. The van der Waals surface area contributed by atoms with Crippen molar-refractivity contribution in [1.29, 1.82) is 0 Å². The van der Waals surface area contributed by atoms with Crippen LogP contribution in [0.15, 0.2) is 24.3 Å². The number of amides is 1. The molecule has 1 amide bonds. The van der Waals surface area contributed by atoms with Crippen LogP contribution >= 0.6 is 0 Å². The number of rotatable bonds is 3. The Balaban J connectivity index is 1.43. The van der Waals surface area contributed by atoms with Gasteiger partial charge in [0.1, 0.15) is 6.10 Å². The van der Waals surface area contributed by atoms with Crippen molar-refractivity contribution >= 4 is 5.91 Å². The van der Waals surface area contributed by atoms with Crippen molar-refractivity contribution in [2.45, 2.75) is 50.4 Å². The molecule has 0 N–H and O–H groups in total. The summed E-state index contributed by atoms with van der Waals surface area (Å²) in [7, 11) is 1.74. The minimum Gasteiger partial charge on any atom is -0.377 e. The second-order valence-corrected chi connectivity index (χ2v) is 7.09. The number of fused-ring (bicyclic) bond motifs is 3. The number of carbonyl (C=O) groups excluding carboxylic acids is 1. The SMILES string of the molecule is CO[C@@H]1[C@H]2CC[C@H]1OCCN2C(=O)CC1Cc2ccccc2C1. The average molecular weight is 315 g/mol. The van der Waals surface area contributed by atoms with Crippen molar-refractivity contribution in [3.05, 3.63) is 35.4 Å². The van der Waals surface area contributed by atoms with E-state index in [1.165, 1.54) is 11.1 Å². The van der Waals surface area contributed by atoms with Crippen molar-refractivity contribution < 1.29 is 14.3 Å². The van der Waals surface area contributed by atoms with Crippen LogP contribution in [0.25, 0.3) is 0 Å². The quantitative estimate of drug-likeness (QED) is 0.858. The van der Waals surface area contributed by atoms with E-state index < -0.39 is 0 Å². The maximum Gasteiger partial charge on any atom is 0.223 e. The lowest BCUT2D eigenvalue weighted by molar-refractivity contribution is -0.136. The fourth-order valence-corrected chi connectivity index (χ4v) is 4.67. The van der Waals surface area contributed by atoms with Crippen LogP contribution < -0.4 is 0 Å². The molecule has 2 fully saturated rings. The van der Waals surface area contributed by atoms with E-state index >= 15 is 0 Å². The molecule has 0 aromatic heterocycles. The molecule has 2 bridgehead atoms. The van der Waals surface area contributed by atoms with Gasteiger partial charge in [-0.3, -0.25) is 4.79 Å². The van der Waals surface area contributed by atoms with Crippen molar-refractivity contribution in [3.63, 3.8) is 0 Å². The predicted octanol–water partition coefficient (Wildman–Crippen LogP) is 2.20. The maximum absolute atomic E-state index is 12.9. The first-order valence-electron chi connectivity index (χ1n) is 8.77. The molecule has 4 rings (SSSR count). The monoisotopic (exact) mass is 315 g/mol. The van der Waals surface area contributed by atoms with Gasteiger partial charge in [0.05, 0.1) is 18.8 Å². The van der Waals surface area contributed by atoms with Gasteiger partial charge in [0.2, 0.25) is 5.91 Å². The molecule has 1 aromatic carbocycles. The molecule has 1 saturated heterocycles. The molecule has 3 atom stereocenters. The van der Waals surface area contributed by atoms with Crippen LogP contribution in [-0.2, 0) is 27.1 Å². The third-order valence-electron chi connectivity index (χ3n) is 5.75. The lowest BCUT2D eigenvalue weighted by Gasteiger charge is -2.31. The standard InChI is InChI=1S/C19H25NO3/c1-22-19-16-6-7-17(19)23-9-8-20(16)18(21)12-13-10-14-4-2-3-5-15(14)11-13/h2-5,13,16-17,19H,6-12H2,1H3/t16-,17-,19-/m1/s1. The van der Waals surface area contributed by atoms with Crippen LogP contribution in [-0.4, -0.2) is 49.3 Å². The van der Waals surface area contributed by atoms with E-state index in [4.69, 9.17) is 9.47 Å². The second kappa shape index (κ2) is 6.25. The largest absolute Gasteiger partial charge is 0.377 e. The summed E-state index contributed by atoms with van der Waals surface area (Å²) < 4.78 is 11.5. The molecule has 0 spiro atoms. The van der Waals surface area contributed by atoms with E-state index in [9.17, 15) is 4.79 Å². The minimum atomic E-state index is 0.0437. The van der Waals surface area contributed by atoms with Gasteiger partial charge in [-0.05, 0) is 42.7 Å². The van der Waals surface area contributed by atoms with E-state index in [1.54, 1.807) is 7.11 Å². The predicted molar refractivity (Wildman–Crippen MR) is 87.2 cm³/mol.